The van der Waals surface area contributed by atoms with E-state index in [1.807, 2.05) is 12.1 Å². The normalized spacial score (nSPS) is 10.6. The number of rotatable bonds is 8. The molecule has 4 nitrogen and oxygen atoms in total. The van der Waals surface area contributed by atoms with E-state index < -0.39 is 0 Å². The van der Waals surface area contributed by atoms with Gasteiger partial charge in [0, 0.05) is 24.1 Å². The summed E-state index contributed by atoms with van der Waals surface area (Å²) in [5.74, 6) is -0.317. The number of unbranched alkanes of at least 4 members (excludes halogenated alkanes) is 2. The van der Waals surface area contributed by atoms with Crippen LogP contribution in [0.25, 0.3) is 6.08 Å². The summed E-state index contributed by atoms with van der Waals surface area (Å²) in [7, 11) is 1.38. The first-order valence-electron chi connectivity index (χ1n) is 6.90. The van der Waals surface area contributed by atoms with E-state index in [1.54, 1.807) is 18.2 Å². The number of esters is 1. The molecule has 0 bridgehead atoms. The molecule has 1 aromatic rings. The smallest absolute Gasteiger partial charge is 0.305 e. The summed E-state index contributed by atoms with van der Waals surface area (Å²) in [6.07, 6.45) is 6.18. The van der Waals surface area contributed by atoms with Crippen molar-refractivity contribution in [1.82, 2.24) is 5.32 Å². The van der Waals surface area contributed by atoms with Crippen molar-refractivity contribution in [1.29, 1.82) is 0 Å². The summed E-state index contributed by atoms with van der Waals surface area (Å²) in [6.45, 7) is 0.602. The minimum atomic E-state index is -0.190. The fourth-order valence-electron chi connectivity index (χ4n) is 1.69. The van der Waals surface area contributed by atoms with Gasteiger partial charge >= 0.3 is 5.97 Å². The lowest BCUT2D eigenvalue weighted by Gasteiger charge is -2.02. The van der Waals surface area contributed by atoms with E-state index >= 15 is 0 Å². The lowest BCUT2D eigenvalue weighted by atomic mass is 10.2. The molecule has 0 aliphatic rings. The first-order valence-corrected chi connectivity index (χ1v) is 7.28. The standard InChI is InChI=1S/C16H20ClNO3/c1-21-16(20)5-3-2-4-12-18-15(19)11-8-13-6-9-14(17)10-7-13/h6-11H,2-5,12H2,1H3,(H,18,19)/b11-8+. The van der Waals surface area contributed by atoms with Gasteiger partial charge in [0.05, 0.1) is 7.11 Å². The van der Waals surface area contributed by atoms with Gasteiger partial charge in [0.1, 0.15) is 0 Å². The third kappa shape index (κ3) is 8.15. The van der Waals surface area contributed by atoms with Crippen LogP contribution in [0, 0.1) is 0 Å². The Morgan fingerprint density at radius 3 is 2.57 bits per heavy atom. The topological polar surface area (TPSA) is 55.4 Å². The van der Waals surface area contributed by atoms with E-state index in [0.29, 0.717) is 18.0 Å². The van der Waals surface area contributed by atoms with Crippen molar-refractivity contribution >= 4 is 29.6 Å². The van der Waals surface area contributed by atoms with Gasteiger partial charge in [-0.15, -0.1) is 0 Å². The third-order valence-corrected chi connectivity index (χ3v) is 3.13. The van der Waals surface area contributed by atoms with Crippen LogP contribution in [0.1, 0.15) is 31.2 Å². The lowest BCUT2D eigenvalue weighted by molar-refractivity contribution is -0.140. The van der Waals surface area contributed by atoms with Crippen molar-refractivity contribution in [3.63, 3.8) is 0 Å². The fourth-order valence-corrected chi connectivity index (χ4v) is 1.82. The highest BCUT2D eigenvalue weighted by molar-refractivity contribution is 6.30. The van der Waals surface area contributed by atoms with Crippen LogP contribution in [-0.4, -0.2) is 25.5 Å². The van der Waals surface area contributed by atoms with E-state index in [0.717, 1.165) is 24.8 Å². The SMILES string of the molecule is COC(=O)CCCCCNC(=O)/C=C/c1ccc(Cl)cc1. The first kappa shape index (κ1) is 17.2. The summed E-state index contributed by atoms with van der Waals surface area (Å²) in [5, 5.41) is 3.47. The highest BCUT2D eigenvalue weighted by Crippen LogP contribution is 2.10. The predicted molar refractivity (Wildman–Crippen MR) is 84.0 cm³/mol. The van der Waals surface area contributed by atoms with Gasteiger partial charge in [-0.2, -0.15) is 0 Å². The zero-order valence-electron chi connectivity index (χ0n) is 12.1. The number of carbonyl (C=O) groups excluding carboxylic acids is 2. The zero-order chi connectivity index (χ0) is 15.5. The van der Waals surface area contributed by atoms with Gasteiger partial charge in [0.15, 0.2) is 0 Å². The molecule has 0 spiro atoms. The number of nitrogens with one attached hydrogen (secondary N) is 1. The Morgan fingerprint density at radius 2 is 1.90 bits per heavy atom. The van der Waals surface area contributed by atoms with Crippen molar-refractivity contribution in [2.75, 3.05) is 13.7 Å². The molecule has 0 atom stereocenters. The lowest BCUT2D eigenvalue weighted by Crippen LogP contribution is -2.22. The average Bonchev–Trinajstić information content (AvgIpc) is 2.49. The van der Waals surface area contributed by atoms with E-state index in [4.69, 9.17) is 11.6 Å². The highest BCUT2D eigenvalue weighted by Gasteiger charge is 1.99. The number of methoxy groups -OCH3 is 1. The first-order chi connectivity index (χ1) is 10.1. The van der Waals surface area contributed by atoms with Crippen LogP contribution in [0.2, 0.25) is 5.02 Å². The predicted octanol–water partition coefficient (Wildman–Crippen LogP) is 3.20. The Bertz CT molecular complexity index is 483. The molecule has 0 aliphatic heterocycles. The molecule has 1 amide bonds. The van der Waals surface area contributed by atoms with Crippen molar-refractivity contribution in [2.45, 2.75) is 25.7 Å². The summed E-state index contributed by atoms with van der Waals surface area (Å²) in [6, 6.07) is 7.25. The largest absolute Gasteiger partial charge is 0.469 e. The van der Waals surface area contributed by atoms with E-state index in [-0.39, 0.29) is 11.9 Å². The summed E-state index contributed by atoms with van der Waals surface area (Å²) in [5.41, 5.74) is 0.924. The Morgan fingerprint density at radius 1 is 1.19 bits per heavy atom. The Kier molecular flexibility index (Phi) is 8.21. The number of hydrogen-bond donors (Lipinski definition) is 1. The summed E-state index contributed by atoms with van der Waals surface area (Å²) >= 11 is 5.78. The number of carbonyl (C=O) groups is 2. The van der Waals surface area contributed by atoms with Crippen molar-refractivity contribution in [3.8, 4) is 0 Å². The van der Waals surface area contributed by atoms with Crippen molar-refractivity contribution in [3.05, 3.63) is 40.9 Å². The molecule has 0 unspecified atom stereocenters. The maximum Gasteiger partial charge on any atom is 0.305 e. The minimum absolute atomic E-state index is 0.127. The van der Waals surface area contributed by atoms with E-state index in [9.17, 15) is 9.59 Å². The quantitative estimate of drug-likeness (QED) is 0.456. The zero-order valence-corrected chi connectivity index (χ0v) is 12.9. The number of hydrogen-bond acceptors (Lipinski definition) is 3. The molecule has 0 saturated carbocycles. The fraction of sp³-hybridized carbons (Fsp3) is 0.375. The molecule has 21 heavy (non-hydrogen) atoms. The van der Waals surface area contributed by atoms with Gasteiger partial charge in [-0.05, 0) is 36.6 Å². The van der Waals surface area contributed by atoms with Crippen molar-refractivity contribution < 1.29 is 14.3 Å². The molecular formula is C16H20ClNO3. The Labute approximate surface area is 130 Å². The van der Waals surface area contributed by atoms with Crippen LogP contribution >= 0.6 is 11.6 Å². The monoisotopic (exact) mass is 309 g/mol. The van der Waals surface area contributed by atoms with Gasteiger partial charge in [0.25, 0.3) is 0 Å². The number of amides is 1. The Balaban J connectivity index is 2.14. The molecule has 1 rings (SSSR count). The third-order valence-electron chi connectivity index (χ3n) is 2.88. The van der Waals surface area contributed by atoms with Crippen LogP contribution in [0.3, 0.4) is 0 Å². The molecule has 0 heterocycles. The number of ether oxygens (including phenoxy) is 1. The average molecular weight is 310 g/mol. The molecule has 114 valence electrons. The molecule has 0 radical (unpaired) electrons. The molecular weight excluding hydrogens is 290 g/mol. The van der Waals surface area contributed by atoms with E-state index in [1.165, 1.54) is 13.2 Å². The highest BCUT2D eigenvalue weighted by atomic mass is 35.5. The molecule has 0 aromatic heterocycles. The molecule has 5 heteroatoms. The Hall–Kier alpha value is -1.81. The van der Waals surface area contributed by atoms with Crippen LogP contribution in [0.4, 0.5) is 0 Å². The van der Waals surface area contributed by atoms with Gasteiger partial charge < -0.3 is 10.1 Å². The maximum absolute atomic E-state index is 11.6. The molecule has 0 saturated heterocycles. The van der Waals surface area contributed by atoms with Crippen LogP contribution in [0.5, 0.6) is 0 Å². The van der Waals surface area contributed by atoms with E-state index in [2.05, 4.69) is 10.1 Å². The molecule has 0 aliphatic carbocycles. The summed E-state index contributed by atoms with van der Waals surface area (Å²) in [4.78, 5) is 22.5. The second-order valence-electron chi connectivity index (χ2n) is 4.56. The van der Waals surface area contributed by atoms with Gasteiger partial charge in [0.2, 0.25) is 5.91 Å². The maximum atomic E-state index is 11.6. The minimum Gasteiger partial charge on any atom is -0.469 e. The van der Waals surface area contributed by atoms with Crippen LogP contribution in [0.15, 0.2) is 30.3 Å². The van der Waals surface area contributed by atoms with Crippen LogP contribution < -0.4 is 5.32 Å². The van der Waals surface area contributed by atoms with Crippen molar-refractivity contribution in [2.24, 2.45) is 0 Å². The molecule has 1 aromatic carbocycles. The molecule has 1 N–H and O–H groups in total. The van der Waals surface area contributed by atoms with Crippen LogP contribution in [-0.2, 0) is 14.3 Å². The second kappa shape index (κ2) is 10.00. The van der Waals surface area contributed by atoms with Gasteiger partial charge in [-0.25, -0.2) is 0 Å². The number of benzene rings is 1. The second-order valence-corrected chi connectivity index (χ2v) is 5.00. The van der Waals surface area contributed by atoms with Gasteiger partial charge in [-0.3, -0.25) is 9.59 Å². The number of halogens is 1. The molecule has 0 fully saturated rings. The summed E-state index contributed by atoms with van der Waals surface area (Å²) < 4.78 is 4.55. The van der Waals surface area contributed by atoms with Gasteiger partial charge in [-0.1, -0.05) is 30.2 Å².